The molecule has 2 rings (SSSR count). The van der Waals surface area contributed by atoms with E-state index in [4.69, 9.17) is 0 Å². The summed E-state index contributed by atoms with van der Waals surface area (Å²) in [6, 6.07) is 4.60. The second-order valence-corrected chi connectivity index (χ2v) is 6.50. The molecule has 0 saturated carbocycles. The quantitative estimate of drug-likeness (QED) is 0.900. The van der Waals surface area contributed by atoms with Gasteiger partial charge in [0.15, 0.2) is 0 Å². The summed E-state index contributed by atoms with van der Waals surface area (Å²) in [5.41, 5.74) is -1.01. The lowest BCUT2D eigenvalue weighted by molar-refractivity contribution is -0.136. The van der Waals surface area contributed by atoms with Gasteiger partial charge in [-0.25, -0.2) is 4.79 Å². The fourth-order valence-corrected chi connectivity index (χ4v) is 2.90. The summed E-state index contributed by atoms with van der Waals surface area (Å²) in [6.07, 6.45) is -1.62. The van der Waals surface area contributed by atoms with E-state index in [0.29, 0.717) is 19.0 Å². The number of hydrogen-bond acceptors (Lipinski definition) is 2. The van der Waals surface area contributed by atoms with Crippen LogP contribution in [0.15, 0.2) is 24.3 Å². The van der Waals surface area contributed by atoms with Crippen LogP contribution in [0.5, 0.6) is 0 Å². The van der Waals surface area contributed by atoms with E-state index in [0.717, 1.165) is 31.9 Å². The Morgan fingerprint density at radius 2 is 1.88 bits per heavy atom. The van der Waals surface area contributed by atoms with Crippen LogP contribution in [0.3, 0.4) is 0 Å². The highest BCUT2D eigenvalue weighted by atomic mass is 19.4. The molecule has 0 unspecified atom stereocenters. The van der Waals surface area contributed by atoms with Crippen LogP contribution in [0.4, 0.5) is 23.7 Å². The van der Waals surface area contributed by atoms with E-state index >= 15 is 0 Å². The van der Waals surface area contributed by atoms with Crippen LogP contribution in [-0.4, -0.2) is 49.6 Å². The molecule has 0 atom stereocenters. The Kier molecular flexibility index (Phi) is 6.10. The van der Waals surface area contributed by atoms with Gasteiger partial charge in [0.1, 0.15) is 0 Å². The number of alkyl halides is 3. The molecule has 134 valence electrons. The Labute approximate surface area is 140 Å². The molecule has 1 aliphatic heterocycles. The molecule has 1 aromatic carbocycles. The minimum Gasteiger partial charge on any atom is -0.325 e. The summed E-state index contributed by atoms with van der Waals surface area (Å²) in [6.45, 7) is 2.17. The van der Waals surface area contributed by atoms with Crippen molar-refractivity contribution >= 4 is 11.7 Å². The Bertz CT molecular complexity index is 552. The second kappa shape index (κ2) is 7.88. The van der Waals surface area contributed by atoms with Gasteiger partial charge in [-0.3, -0.25) is 0 Å². The molecule has 0 bridgehead atoms. The number of benzene rings is 1. The van der Waals surface area contributed by atoms with Gasteiger partial charge in [0.2, 0.25) is 0 Å². The molecular formula is C17H24F3N3O. The van der Waals surface area contributed by atoms with Crippen molar-refractivity contribution in [2.24, 2.45) is 5.92 Å². The van der Waals surface area contributed by atoms with Crippen molar-refractivity contribution in [3.8, 4) is 0 Å². The summed E-state index contributed by atoms with van der Waals surface area (Å²) in [7, 11) is 4.06. The molecule has 0 aromatic heterocycles. The number of urea groups is 1. The highest BCUT2D eigenvalue weighted by Crippen LogP contribution is 2.34. The SMILES string of the molecule is CN(C)CCC1CCN(C(=O)Nc2ccccc2C(F)(F)F)CC1. The van der Waals surface area contributed by atoms with Crippen LogP contribution in [0.1, 0.15) is 24.8 Å². The zero-order chi connectivity index (χ0) is 17.7. The number of carbonyl (C=O) groups is 1. The Morgan fingerprint density at radius 3 is 2.46 bits per heavy atom. The van der Waals surface area contributed by atoms with Gasteiger partial charge in [0.25, 0.3) is 0 Å². The molecule has 0 spiro atoms. The smallest absolute Gasteiger partial charge is 0.325 e. The Morgan fingerprint density at radius 1 is 1.25 bits per heavy atom. The number of piperidine rings is 1. The lowest BCUT2D eigenvalue weighted by Crippen LogP contribution is -2.41. The third-order valence-corrected chi connectivity index (χ3v) is 4.36. The molecule has 1 heterocycles. The number of hydrogen-bond donors (Lipinski definition) is 1. The average molecular weight is 343 g/mol. The summed E-state index contributed by atoms with van der Waals surface area (Å²) in [4.78, 5) is 16.0. The molecule has 24 heavy (non-hydrogen) atoms. The zero-order valence-corrected chi connectivity index (χ0v) is 14.1. The van der Waals surface area contributed by atoms with Crippen LogP contribution >= 0.6 is 0 Å². The lowest BCUT2D eigenvalue weighted by atomic mass is 9.93. The first-order chi connectivity index (χ1) is 11.3. The number of rotatable bonds is 4. The molecule has 0 radical (unpaired) electrons. The first-order valence-electron chi connectivity index (χ1n) is 8.14. The first-order valence-corrected chi connectivity index (χ1v) is 8.14. The van der Waals surface area contributed by atoms with Gasteiger partial charge in [-0.15, -0.1) is 0 Å². The zero-order valence-electron chi connectivity index (χ0n) is 14.1. The van der Waals surface area contributed by atoms with Crippen LogP contribution < -0.4 is 5.32 Å². The maximum atomic E-state index is 13.0. The van der Waals surface area contributed by atoms with Crippen LogP contribution in [-0.2, 0) is 6.18 Å². The average Bonchev–Trinajstić information content (AvgIpc) is 2.53. The molecule has 1 fully saturated rings. The maximum Gasteiger partial charge on any atom is 0.418 e. The standard InChI is InChI=1S/C17H24F3N3O/c1-22(2)10-7-13-8-11-23(12-9-13)16(24)21-15-6-4-3-5-14(15)17(18,19)20/h3-6,13H,7-12H2,1-2H3,(H,21,24). The molecule has 1 saturated heterocycles. The summed E-state index contributed by atoms with van der Waals surface area (Å²) < 4.78 is 38.9. The molecule has 0 aliphatic carbocycles. The predicted molar refractivity (Wildman–Crippen MR) is 87.9 cm³/mol. The molecule has 1 aromatic rings. The molecule has 2 amide bonds. The predicted octanol–water partition coefficient (Wildman–Crippen LogP) is 3.90. The number of anilines is 1. The minimum atomic E-state index is -4.48. The fraction of sp³-hybridized carbons (Fsp3) is 0.588. The van der Waals surface area contributed by atoms with E-state index in [1.807, 2.05) is 14.1 Å². The molecule has 7 heteroatoms. The Balaban J connectivity index is 1.91. The van der Waals surface area contributed by atoms with Gasteiger partial charge >= 0.3 is 12.2 Å². The molecule has 4 nitrogen and oxygen atoms in total. The van der Waals surface area contributed by atoms with Crippen molar-refractivity contribution in [2.75, 3.05) is 39.0 Å². The van der Waals surface area contributed by atoms with Gasteiger partial charge < -0.3 is 15.1 Å². The number of amides is 2. The maximum absolute atomic E-state index is 13.0. The number of halogens is 3. The summed E-state index contributed by atoms with van der Waals surface area (Å²) in [5, 5.41) is 2.41. The van der Waals surface area contributed by atoms with Crippen LogP contribution in [0.2, 0.25) is 0 Å². The number of nitrogens with one attached hydrogen (secondary N) is 1. The van der Waals surface area contributed by atoms with E-state index in [1.54, 1.807) is 4.90 Å². The van der Waals surface area contributed by atoms with E-state index in [1.165, 1.54) is 18.2 Å². The van der Waals surface area contributed by atoms with E-state index in [-0.39, 0.29) is 5.69 Å². The highest BCUT2D eigenvalue weighted by molar-refractivity contribution is 5.90. The normalized spacial score (nSPS) is 16.5. The van der Waals surface area contributed by atoms with Gasteiger partial charge in [0.05, 0.1) is 11.3 Å². The van der Waals surface area contributed by atoms with E-state index < -0.39 is 17.8 Å². The van der Waals surface area contributed by atoms with Crippen LogP contribution in [0.25, 0.3) is 0 Å². The Hall–Kier alpha value is -1.76. The van der Waals surface area contributed by atoms with Gasteiger partial charge in [-0.2, -0.15) is 13.2 Å². The molecular weight excluding hydrogens is 319 g/mol. The van der Waals surface area contributed by atoms with Crippen molar-refractivity contribution < 1.29 is 18.0 Å². The van der Waals surface area contributed by atoms with Crippen molar-refractivity contribution in [3.05, 3.63) is 29.8 Å². The molecule has 1 N–H and O–H groups in total. The third-order valence-electron chi connectivity index (χ3n) is 4.36. The van der Waals surface area contributed by atoms with Crippen LogP contribution in [0, 0.1) is 5.92 Å². The number of nitrogens with zero attached hydrogens (tertiary/aromatic N) is 2. The van der Waals surface area contributed by atoms with Crippen molar-refractivity contribution in [3.63, 3.8) is 0 Å². The van der Waals surface area contributed by atoms with Gasteiger partial charge in [-0.1, -0.05) is 12.1 Å². The van der Waals surface area contributed by atoms with E-state index in [2.05, 4.69) is 10.2 Å². The first kappa shape index (κ1) is 18.6. The number of carbonyl (C=O) groups excluding carboxylic acids is 1. The third kappa shape index (κ3) is 5.12. The highest BCUT2D eigenvalue weighted by Gasteiger charge is 2.34. The second-order valence-electron chi connectivity index (χ2n) is 6.50. The van der Waals surface area contributed by atoms with Crippen molar-refractivity contribution in [2.45, 2.75) is 25.4 Å². The number of para-hydroxylation sites is 1. The van der Waals surface area contributed by atoms with E-state index in [9.17, 15) is 18.0 Å². The largest absolute Gasteiger partial charge is 0.418 e. The molecule has 1 aliphatic rings. The minimum absolute atomic E-state index is 0.190. The summed E-state index contributed by atoms with van der Waals surface area (Å²) in [5.74, 6) is 0.568. The lowest BCUT2D eigenvalue weighted by Gasteiger charge is -2.32. The monoisotopic (exact) mass is 343 g/mol. The number of likely N-dealkylation sites (tertiary alicyclic amines) is 1. The van der Waals surface area contributed by atoms with Crippen molar-refractivity contribution in [1.29, 1.82) is 0 Å². The van der Waals surface area contributed by atoms with Gasteiger partial charge in [-0.05, 0) is 58.0 Å². The summed E-state index contributed by atoms with van der Waals surface area (Å²) >= 11 is 0. The van der Waals surface area contributed by atoms with Gasteiger partial charge in [0, 0.05) is 13.1 Å². The topological polar surface area (TPSA) is 35.6 Å². The fourth-order valence-electron chi connectivity index (χ4n) is 2.90. The van der Waals surface area contributed by atoms with Crippen molar-refractivity contribution in [1.82, 2.24) is 9.80 Å².